The maximum atomic E-state index is 9.42. The third-order valence-electron chi connectivity index (χ3n) is 3.96. The zero-order valence-electron chi connectivity index (χ0n) is 10.3. The highest BCUT2D eigenvalue weighted by atomic mass is 16.3. The van der Waals surface area contributed by atoms with Crippen LogP contribution in [0.1, 0.15) is 57.8 Å². The second kappa shape index (κ2) is 6.41. The van der Waals surface area contributed by atoms with Gasteiger partial charge in [0.2, 0.25) is 0 Å². The summed E-state index contributed by atoms with van der Waals surface area (Å²) < 4.78 is 0. The molecule has 2 heteroatoms. The molecule has 0 amide bonds. The molecule has 2 rings (SSSR count). The summed E-state index contributed by atoms with van der Waals surface area (Å²) in [6, 6.07) is 0.660. The lowest BCUT2D eigenvalue weighted by atomic mass is 9.92. The average Bonchev–Trinajstić information content (AvgIpc) is 2.33. The second-order valence-electron chi connectivity index (χ2n) is 5.32. The molecule has 1 saturated carbocycles. The van der Waals surface area contributed by atoms with Gasteiger partial charge in [0.05, 0.1) is 6.10 Å². The van der Waals surface area contributed by atoms with Crippen molar-refractivity contribution in [2.75, 3.05) is 6.54 Å². The Bertz CT molecular complexity index is 229. The van der Waals surface area contributed by atoms with Gasteiger partial charge in [-0.2, -0.15) is 0 Å². The van der Waals surface area contributed by atoms with Gasteiger partial charge in [-0.05, 0) is 64.3 Å². The Balaban J connectivity index is 1.59. The highest BCUT2D eigenvalue weighted by Crippen LogP contribution is 2.21. The first-order valence-electron chi connectivity index (χ1n) is 6.94. The molecule has 0 unspecified atom stereocenters. The van der Waals surface area contributed by atoms with Gasteiger partial charge in [-0.3, -0.25) is 0 Å². The zero-order chi connectivity index (χ0) is 11.2. The minimum absolute atomic E-state index is 0.0286. The summed E-state index contributed by atoms with van der Waals surface area (Å²) in [6.07, 6.45) is 13.3. The van der Waals surface area contributed by atoms with Gasteiger partial charge in [0, 0.05) is 6.04 Å². The van der Waals surface area contributed by atoms with Crippen molar-refractivity contribution in [2.45, 2.75) is 69.9 Å². The number of hydrogen-bond acceptors (Lipinski definition) is 2. The Morgan fingerprint density at radius 3 is 2.69 bits per heavy atom. The molecule has 0 radical (unpaired) electrons. The Morgan fingerprint density at radius 1 is 1.19 bits per heavy atom. The van der Waals surface area contributed by atoms with E-state index in [-0.39, 0.29) is 6.10 Å². The summed E-state index contributed by atoms with van der Waals surface area (Å²) in [6.45, 7) is 1.13. The smallest absolute Gasteiger partial charge is 0.0541 e. The molecule has 0 spiro atoms. The van der Waals surface area contributed by atoms with E-state index >= 15 is 0 Å². The molecule has 0 aromatic carbocycles. The third-order valence-corrected chi connectivity index (χ3v) is 3.96. The Kier molecular flexibility index (Phi) is 4.86. The van der Waals surface area contributed by atoms with Crippen LogP contribution in [0.2, 0.25) is 0 Å². The molecular formula is C14H25NO. The summed E-state index contributed by atoms with van der Waals surface area (Å²) >= 11 is 0. The first kappa shape index (κ1) is 12.1. The molecule has 0 atom stereocenters. The van der Waals surface area contributed by atoms with Crippen LogP contribution in [0.4, 0.5) is 0 Å². The Hall–Kier alpha value is -0.340. The van der Waals surface area contributed by atoms with E-state index in [1.807, 2.05) is 0 Å². The molecule has 0 bridgehead atoms. The van der Waals surface area contributed by atoms with Crippen LogP contribution in [-0.4, -0.2) is 23.8 Å². The first-order valence-corrected chi connectivity index (χ1v) is 6.94. The number of hydrogen-bond donors (Lipinski definition) is 2. The molecule has 0 aromatic heterocycles. The lowest BCUT2D eigenvalue weighted by Crippen LogP contribution is -2.35. The van der Waals surface area contributed by atoms with E-state index in [9.17, 15) is 5.11 Å². The Labute approximate surface area is 99.1 Å². The maximum Gasteiger partial charge on any atom is 0.0541 e. The molecule has 2 nitrogen and oxygen atoms in total. The summed E-state index contributed by atoms with van der Waals surface area (Å²) in [5, 5.41) is 13.1. The first-order chi connectivity index (χ1) is 7.84. The molecule has 0 saturated heterocycles. The summed E-state index contributed by atoms with van der Waals surface area (Å²) in [4.78, 5) is 0. The van der Waals surface area contributed by atoms with Crippen LogP contribution in [0.5, 0.6) is 0 Å². The van der Waals surface area contributed by atoms with E-state index in [0.717, 1.165) is 32.2 Å². The molecule has 2 aliphatic rings. The topological polar surface area (TPSA) is 32.3 Å². The molecule has 1 fully saturated rings. The minimum atomic E-state index is -0.0286. The van der Waals surface area contributed by atoms with Crippen molar-refractivity contribution in [3.8, 4) is 0 Å². The van der Waals surface area contributed by atoms with Gasteiger partial charge in [0.15, 0.2) is 0 Å². The fourth-order valence-corrected chi connectivity index (χ4v) is 2.85. The fraction of sp³-hybridized carbons (Fsp3) is 0.857. The van der Waals surface area contributed by atoms with Crippen LogP contribution < -0.4 is 5.32 Å². The number of aliphatic hydroxyl groups is 1. The normalized spacial score (nSPS) is 31.2. The quantitative estimate of drug-likeness (QED) is 0.718. The molecule has 16 heavy (non-hydrogen) atoms. The number of aliphatic hydroxyl groups excluding tert-OH is 1. The predicted octanol–water partition coefficient (Wildman–Crippen LogP) is 2.77. The molecule has 2 N–H and O–H groups in total. The fourth-order valence-electron chi connectivity index (χ4n) is 2.85. The third kappa shape index (κ3) is 3.91. The van der Waals surface area contributed by atoms with Crippen molar-refractivity contribution in [2.24, 2.45) is 0 Å². The number of nitrogens with one attached hydrogen (secondary N) is 1. The summed E-state index contributed by atoms with van der Waals surface area (Å²) in [5.41, 5.74) is 1.66. The van der Waals surface area contributed by atoms with Gasteiger partial charge in [-0.1, -0.05) is 11.6 Å². The van der Waals surface area contributed by atoms with E-state index in [4.69, 9.17) is 0 Å². The van der Waals surface area contributed by atoms with Crippen LogP contribution in [0.25, 0.3) is 0 Å². The molecule has 0 aliphatic heterocycles. The van der Waals surface area contributed by atoms with Gasteiger partial charge >= 0.3 is 0 Å². The van der Waals surface area contributed by atoms with Crippen LogP contribution in [0.3, 0.4) is 0 Å². The van der Waals surface area contributed by atoms with Gasteiger partial charge in [0.25, 0.3) is 0 Å². The molecule has 2 aliphatic carbocycles. The molecule has 0 heterocycles. The van der Waals surface area contributed by atoms with Crippen molar-refractivity contribution in [1.29, 1.82) is 0 Å². The number of allylic oxidation sites excluding steroid dienone is 1. The summed E-state index contributed by atoms with van der Waals surface area (Å²) in [5.74, 6) is 0. The van der Waals surface area contributed by atoms with Crippen molar-refractivity contribution in [3.05, 3.63) is 11.6 Å². The van der Waals surface area contributed by atoms with Gasteiger partial charge in [-0.15, -0.1) is 0 Å². The minimum Gasteiger partial charge on any atom is -0.393 e. The van der Waals surface area contributed by atoms with Crippen molar-refractivity contribution < 1.29 is 5.11 Å². The maximum absolute atomic E-state index is 9.42. The van der Waals surface area contributed by atoms with Gasteiger partial charge in [0.1, 0.15) is 0 Å². The standard InChI is InChI=1S/C14H25NO/c16-14-8-6-13(7-9-14)15-11-10-12-4-2-1-3-5-12/h4,13-16H,1-3,5-11H2. The van der Waals surface area contributed by atoms with Crippen molar-refractivity contribution >= 4 is 0 Å². The highest BCUT2D eigenvalue weighted by Gasteiger charge is 2.18. The van der Waals surface area contributed by atoms with E-state index in [0.29, 0.717) is 6.04 Å². The summed E-state index contributed by atoms with van der Waals surface area (Å²) in [7, 11) is 0. The number of rotatable bonds is 4. The van der Waals surface area contributed by atoms with Crippen LogP contribution >= 0.6 is 0 Å². The Morgan fingerprint density at radius 2 is 2.00 bits per heavy atom. The molecule has 92 valence electrons. The van der Waals surface area contributed by atoms with Crippen LogP contribution in [0.15, 0.2) is 11.6 Å². The van der Waals surface area contributed by atoms with Gasteiger partial charge in [-0.25, -0.2) is 0 Å². The monoisotopic (exact) mass is 223 g/mol. The molecule has 0 aromatic rings. The van der Waals surface area contributed by atoms with E-state index < -0.39 is 0 Å². The van der Waals surface area contributed by atoms with E-state index in [1.54, 1.807) is 5.57 Å². The van der Waals surface area contributed by atoms with Crippen molar-refractivity contribution in [3.63, 3.8) is 0 Å². The lowest BCUT2D eigenvalue weighted by molar-refractivity contribution is 0.117. The predicted molar refractivity (Wildman–Crippen MR) is 67.4 cm³/mol. The van der Waals surface area contributed by atoms with Crippen LogP contribution in [0, 0.1) is 0 Å². The van der Waals surface area contributed by atoms with Crippen molar-refractivity contribution in [1.82, 2.24) is 5.32 Å². The second-order valence-corrected chi connectivity index (χ2v) is 5.32. The largest absolute Gasteiger partial charge is 0.393 e. The zero-order valence-corrected chi connectivity index (χ0v) is 10.3. The van der Waals surface area contributed by atoms with Crippen LogP contribution in [-0.2, 0) is 0 Å². The lowest BCUT2D eigenvalue weighted by Gasteiger charge is -2.26. The SMILES string of the molecule is OC1CCC(NCCC2=CCCCC2)CC1. The van der Waals surface area contributed by atoms with Gasteiger partial charge < -0.3 is 10.4 Å². The van der Waals surface area contributed by atoms with E-state index in [1.165, 1.54) is 32.1 Å². The molecular weight excluding hydrogens is 198 g/mol. The van der Waals surface area contributed by atoms with E-state index in [2.05, 4.69) is 11.4 Å². The average molecular weight is 223 g/mol. The highest BCUT2D eigenvalue weighted by molar-refractivity contribution is 5.05.